The number of sulfone groups is 1. The van der Waals surface area contributed by atoms with Gasteiger partial charge in [-0.05, 0) is 55.5 Å². The largest absolute Gasteiger partial charge is 0.456 e. The van der Waals surface area contributed by atoms with Gasteiger partial charge in [0, 0.05) is 15.5 Å². The van der Waals surface area contributed by atoms with Gasteiger partial charge in [-0.2, -0.15) is 0 Å². The van der Waals surface area contributed by atoms with Crippen LogP contribution in [0.1, 0.15) is 23.2 Å². The van der Waals surface area contributed by atoms with Crippen LogP contribution in [0.2, 0.25) is 5.02 Å². The lowest BCUT2D eigenvalue weighted by atomic mass is 10.1. The first-order valence-corrected chi connectivity index (χ1v) is 11.2. The van der Waals surface area contributed by atoms with Crippen LogP contribution in [0, 0.1) is 0 Å². The lowest BCUT2D eigenvalue weighted by Gasteiger charge is -2.15. The van der Waals surface area contributed by atoms with Crippen molar-refractivity contribution in [2.75, 3.05) is 12.9 Å². The minimum Gasteiger partial charge on any atom is -0.456 e. The topological polar surface area (TPSA) is 77.5 Å². The van der Waals surface area contributed by atoms with Gasteiger partial charge in [-0.1, -0.05) is 23.7 Å². The van der Waals surface area contributed by atoms with Crippen LogP contribution in [-0.4, -0.2) is 37.8 Å². The van der Waals surface area contributed by atoms with E-state index in [1.807, 2.05) is 6.26 Å². The van der Waals surface area contributed by atoms with Crippen molar-refractivity contribution in [2.24, 2.45) is 0 Å². The highest BCUT2D eigenvalue weighted by molar-refractivity contribution is 7.98. The third-order valence-corrected chi connectivity index (χ3v) is 7.95. The molecule has 27 heavy (non-hydrogen) atoms. The van der Waals surface area contributed by atoms with Crippen molar-refractivity contribution in [2.45, 2.75) is 27.4 Å². The Bertz CT molecular complexity index is 962. The first-order chi connectivity index (χ1) is 12.8. The Morgan fingerprint density at radius 2 is 1.67 bits per heavy atom. The maximum absolute atomic E-state index is 12.8. The van der Waals surface area contributed by atoms with E-state index < -0.39 is 27.2 Å². The molecule has 0 aliphatic heterocycles. The highest BCUT2D eigenvalue weighted by atomic mass is 35.5. The van der Waals surface area contributed by atoms with Gasteiger partial charge in [0.25, 0.3) is 0 Å². The fraction of sp³-hybridized carbons (Fsp3) is 0.263. The summed E-state index contributed by atoms with van der Waals surface area (Å²) in [5.74, 6) is -1.26. The van der Waals surface area contributed by atoms with Gasteiger partial charge in [0.1, 0.15) is 0 Å². The zero-order valence-corrected chi connectivity index (χ0v) is 16.9. The number of halogens is 1. The van der Waals surface area contributed by atoms with Crippen molar-refractivity contribution in [1.29, 1.82) is 0 Å². The summed E-state index contributed by atoms with van der Waals surface area (Å²) in [4.78, 5) is 25.7. The van der Waals surface area contributed by atoms with Crippen LogP contribution >= 0.6 is 23.4 Å². The molecule has 0 amide bonds. The summed E-state index contributed by atoms with van der Waals surface area (Å²) in [6.07, 6.45) is 2.27. The van der Waals surface area contributed by atoms with Gasteiger partial charge >= 0.3 is 5.97 Å². The smallest absolute Gasteiger partial charge is 0.328 e. The van der Waals surface area contributed by atoms with Crippen LogP contribution in [0.15, 0.2) is 58.3 Å². The third-order valence-electron chi connectivity index (χ3n) is 4.46. The van der Waals surface area contributed by atoms with E-state index in [9.17, 15) is 18.0 Å². The minimum atomic E-state index is -3.91. The molecule has 8 heteroatoms. The molecule has 2 aromatic rings. The zero-order valence-electron chi connectivity index (χ0n) is 14.5. The SMILES string of the molecule is CSc1ccc(C(=O)COC(=O)C2(S(=O)(=O)c3ccc(Cl)cc3)CC2)cc1. The predicted octanol–water partition coefficient (Wildman–Crippen LogP) is 3.79. The molecule has 2 aromatic carbocycles. The Morgan fingerprint density at radius 1 is 1.07 bits per heavy atom. The van der Waals surface area contributed by atoms with Crippen molar-refractivity contribution in [3.63, 3.8) is 0 Å². The number of ether oxygens (including phenoxy) is 1. The average Bonchev–Trinajstić information content (AvgIpc) is 3.49. The Labute approximate surface area is 167 Å². The van der Waals surface area contributed by atoms with Crippen molar-refractivity contribution >= 4 is 45.0 Å². The van der Waals surface area contributed by atoms with E-state index in [0.29, 0.717) is 10.6 Å². The molecule has 0 heterocycles. The molecule has 1 fully saturated rings. The monoisotopic (exact) mass is 424 g/mol. The second kappa shape index (κ2) is 7.66. The molecule has 1 saturated carbocycles. The van der Waals surface area contributed by atoms with Gasteiger partial charge in [0.05, 0.1) is 4.90 Å². The number of benzene rings is 2. The van der Waals surface area contributed by atoms with Crippen molar-refractivity contribution in [1.82, 2.24) is 0 Å². The average molecular weight is 425 g/mol. The maximum Gasteiger partial charge on any atom is 0.328 e. The molecule has 0 aromatic heterocycles. The Hall–Kier alpha value is -1.83. The molecule has 0 saturated heterocycles. The molecule has 142 valence electrons. The lowest BCUT2D eigenvalue weighted by Crippen LogP contribution is -2.35. The number of carbonyl (C=O) groups is 2. The predicted molar refractivity (Wildman–Crippen MR) is 104 cm³/mol. The number of esters is 1. The first kappa shape index (κ1) is 19.9. The van der Waals surface area contributed by atoms with Crippen LogP contribution in [0.4, 0.5) is 0 Å². The van der Waals surface area contributed by atoms with Crippen molar-refractivity contribution in [3.05, 3.63) is 59.1 Å². The highest BCUT2D eigenvalue weighted by Gasteiger charge is 2.62. The number of hydrogen-bond donors (Lipinski definition) is 0. The molecule has 0 unspecified atom stereocenters. The number of hydrogen-bond acceptors (Lipinski definition) is 6. The van der Waals surface area contributed by atoms with Crippen molar-refractivity contribution in [3.8, 4) is 0 Å². The van der Waals surface area contributed by atoms with E-state index in [-0.39, 0.29) is 23.5 Å². The quantitative estimate of drug-likeness (QED) is 0.382. The molecule has 5 nitrogen and oxygen atoms in total. The molecule has 3 rings (SSSR count). The molecular formula is C19H17ClO5S2. The molecule has 0 N–H and O–H groups in total. The third kappa shape index (κ3) is 3.90. The van der Waals surface area contributed by atoms with Gasteiger partial charge in [0.2, 0.25) is 0 Å². The second-order valence-corrected chi connectivity index (χ2v) is 9.76. The number of carbonyl (C=O) groups excluding carboxylic acids is 2. The summed E-state index contributed by atoms with van der Waals surface area (Å²) in [5.41, 5.74) is 0.408. The Balaban J connectivity index is 1.69. The minimum absolute atomic E-state index is 0.0142. The number of ketones is 1. The van der Waals surface area contributed by atoms with E-state index in [2.05, 4.69) is 0 Å². The highest BCUT2D eigenvalue weighted by Crippen LogP contribution is 2.47. The molecule has 0 atom stereocenters. The summed E-state index contributed by atoms with van der Waals surface area (Å²) in [6.45, 7) is -0.491. The first-order valence-electron chi connectivity index (χ1n) is 8.15. The van der Waals surface area contributed by atoms with Gasteiger partial charge < -0.3 is 4.74 Å². The van der Waals surface area contributed by atoms with Crippen LogP contribution < -0.4 is 0 Å². The Morgan fingerprint density at radius 3 is 2.19 bits per heavy atom. The molecular weight excluding hydrogens is 408 g/mol. The van der Waals surface area contributed by atoms with Gasteiger partial charge in [-0.3, -0.25) is 9.59 Å². The maximum atomic E-state index is 12.8. The van der Waals surface area contributed by atoms with Crippen molar-refractivity contribution < 1.29 is 22.7 Å². The van der Waals surface area contributed by atoms with E-state index >= 15 is 0 Å². The summed E-state index contributed by atoms with van der Waals surface area (Å²) in [7, 11) is -3.91. The molecule has 1 aliphatic carbocycles. The fourth-order valence-electron chi connectivity index (χ4n) is 2.66. The van der Waals surface area contributed by atoms with Gasteiger partial charge in [-0.15, -0.1) is 11.8 Å². The molecule has 0 radical (unpaired) electrons. The summed E-state index contributed by atoms with van der Waals surface area (Å²) >= 11 is 7.34. The van der Waals surface area contributed by atoms with E-state index in [1.54, 1.807) is 36.0 Å². The van der Waals surface area contributed by atoms with Crippen LogP contribution in [0.3, 0.4) is 0 Å². The number of thioether (sulfide) groups is 1. The molecule has 1 aliphatic rings. The molecule has 0 bridgehead atoms. The second-order valence-electron chi connectivity index (χ2n) is 6.18. The van der Waals surface area contributed by atoms with Gasteiger partial charge in [0.15, 0.2) is 27.0 Å². The van der Waals surface area contributed by atoms with Gasteiger partial charge in [-0.25, -0.2) is 8.42 Å². The van der Waals surface area contributed by atoms with Crippen LogP contribution in [0.5, 0.6) is 0 Å². The Kier molecular flexibility index (Phi) is 5.65. The summed E-state index contributed by atoms with van der Waals surface area (Å²) < 4.78 is 29.1. The van der Waals surface area contributed by atoms with E-state index in [4.69, 9.17) is 16.3 Å². The summed E-state index contributed by atoms with van der Waals surface area (Å²) in [5, 5.41) is 0.402. The lowest BCUT2D eigenvalue weighted by molar-refractivity contribution is -0.142. The summed E-state index contributed by atoms with van der Waals surface area (Å²) in [6, 6.07) is 12.5. The molecule has 0 spiro atoms. The fourth-order valence-corrected chi connectivity index (χ4v) is 5.06. The van der Waals surface area contributed by atoms with Crippen LogP contribution in [-0.2, 0) is 19.4 Å². The zero-order chi connectivity index (χ0) is 19.7. The standard InChI is InChI=1S/C19H17ClO5S2/c1-26-15-6-2-13(3-7-15)17(21)12-25-18(22)19(10-11-19)27(23,24)16-8-4-14(20)5-9-16/h2-9H,10-12H2,1H3. The normalized spacial score (nSPS) is 15.2. The number of rotatable bonds is 7. The van der Waals surface area contributed by atoms with E-state index in [1.165, 1.54) is 24.3 Å². The number of Topliss-reactive ketones (excluding diaryl/α,β-unsaturated/α-hetero) is 1. The van der Waals surface area contributed by atoms with E-state index in [0.717, 1.165) is 4.90 Å². The van der Waals surface area contributed by atoms with Crippen LogP contribution in [0.25, 0.3) is 0 Å².